The first-order valence-corrected chi connectivity index (χ1v) is 9.00. The molecule has 0 aliphatic heterocycles. The highest BCUT2D eigenvalue weighted by molar-refractivity contribution is 9.10. The van der Waals surface area contributed by atoms with E-state index in [0.29, 0.717) is 22.4 Å². The van der Waals surface area contributed by atoms with E-state index in [4.69, 9.17) is 4.74 Å². The van der Waals surface area contributed by atoms with Crippen LogP contribution in [0.15, 0.2) is 82.4 Å². The number of hydrogen-bond acceptors (Lipinski definition) is 4. The van der Waals surface area contributed by atoms with E-state index in [1.807, 2.05) is 36.4 Å². The van der Waals surface area contributed by atoms with Crippen molar-refractivity contribution in [3.8, 4) is 11.5 Å². The molecule has 0 heterocycles. The van der Waals surface area contributed by atoms with Crippen LogP contribution in [0.3, 0.4) is 0 Å². The molecule has 0 unspecified atom stereocenters. The first-order chi connectivity index (χ1) is 13.1. The van der Waals surface area contributed by atoms with Crippen molar-refractivity contribution in [3.63, 3.8) is 0 Å². The minimum absolute atomic E-state index is 0.140. The van der Waals surface area contributed by atoms with Crippen molar-refractivity contribution in [1.29, 1.82) is 0 Å². The molecule has 0 aliphatic carbocycles. The van der Waals surface area contributed by atoms with Gasteiger partial charge >= 0.3 is 0 Å². The molecule has 3 aromatic carbocycles. The predicted molar refractivity (Wildman–Crippen MR) is 108 cm³/mol. The lowest BCUT2D eigenvalue weighted by molar-refractivity contribution is 0.0950. The normalized spacial score (nSPS) is 10.7. The summed E-state index contributed by atoms with van der Waals surface area (Å²) in [6, 6.07) is 21.7. The molecule has 6 heteroatoms. The van der Waals surface area contributed by atoms with Crippen LogP contribution in [0.25, 0.3) is 0 Å². The summed E-state index contributed by atoms with van der Waals surface area (Å²) < 4.78 is 6.34. The Balaban J connectivity index is 1.65. The molecule has 0 saturated heterocycles. The number of nitrogens with one attached hydrogen (secondary N) is 1. The predicted octanol–water partition coefficient (Wildman–Crippen LogP) is 4.50. The van der Waals surface area contributed by atoms with Crippen LogP contribution < -0.4 is 10.2 Å². The van der Waals surface area contributed by atoms with Gasteiger partial charge in [0.15, 0.2) is 0 Å². The minimum Gasteiger partial charge on any atom is -0.507 e. The first kappa shape index (κ1) is 18.7. The maximum atomic E-state index is 12.4. The van der Waals surface area contributed by atoms with E-state index in [0.717, 1.165) is 11.1 Å². The van der Waals surface area contributed by atoms with E-state index in [9.17, 15) is 9.90 Å². The van der Waals surface area contributed by atoms with Gasteiger partial charge in [0.2, 0.25) is 0 Å². The smallest absolute Gasteiger partial charge is 0.275 e. The SMILES string of the molecule is O=C(N/N=C/c1ccc(O)c(Br)c1)c1ccccc1OCc1ccccc1. The number of hydrazone groups is 1. The minimum atomic E-state index is -0.368. The molecule has 3 rings (SSSR count). The monoisotopic (exact) mass is 424 g/mol. The number of ether oxygens (including phenoxy) is 1. The summed E-state index contributed by atoms with van der Waals surface area (Å²) in [5.41, 5.74) is 4.64. The highest BCUT2D eigenvalue weighted by Crippen LogP contribution is 2.23. The maximum absolute atomic E-state index is 12.4. The second-order valence-electron chi connectivity index (χ2n) is 5.68. The number of nitrogens with zero attached hydrogens (tertiary/aromatic N) is 1. The second-order valence-corrected chi connectivity index (χ2v) is 6.53. The van der Waals surface area contributed by atoms with Crippen molar-refractivity contribution in [2.24, 2.45) is 5.10 Å². The second kappa shape index (κ2) is 9.00. The lowest BCUT2D eigenvalue weighted by Crippen LogP contribution is -2.18. The molecule has 0 aromatic heterocycles. The Kier molecular flexibility index (Phi) is 6.22. The Hall–Kier alpha value is -3.12. The largest absolute Gasteiger partial charge is 0.507 e. The maximum Gasteiger partial charge on any atom is 0.275 e. The number of carbonyl (C=O) groups excluding carboxylic acids is 1. The number of amides is 1. The zero-order valence-electron chi connectivity index (χ0n) is 14.3. The highest BCUT2D eigenvalue weighted by Gasteiger charge is 2.11. The van der Waals surface area contributed by atoms with Gasteiger partial charge < -0.3 is 9.84 Å². The number of hydrogen-bond donors (Lipinski definition) is 2. The number of carbonyl (C=O) groups is 1. The molecule has 136 valence electrons. The summed E-state index contributed by atoms with van der Waals surface area (Å²) in [5, 5.41) is 13.5. The van der Waals surface area contributed by atoms with Gasteiger partial charge in [-0.25, -0.2) is 5.43 Å². The van der Waals surface area contributed by atoms with Gasteiger partial charge in [-0.2, -0.15) is 5.10 Å². The topological polar surface area (TPSA) is 70.9 Å². The van der Waals surface area contributed by atoms with Crippen LogP contribution in [0.1, 0.15) is 21.5 Å². The van der Waals surface area contributed by atoms with E-state index in [2.05, 4.69) is 26.5 Å². The van der Waals surface area contributed by atoms with Gasteiger partial charge in [-0.1, -0.05) is 42.5 Å². The molecule has 0 atom stereocenters. The van der Waals surface area contributed by atoms with Gasteiger partial charge in [0.1, 0.15) is 18.1 Å². The van der Waals surface area contributed by atoms with Gasteiger partial charge in [-0.15, -0.1) is 0 Å². The van der Waals surface area contributed by atoms with E-state index in [1.165, 1.54) is 6.21 Å². The molecule has 2 N–H and O–H groups in total. The van der Waals surface area contributed by atoms with Crippen LogP contribution in [0.4, 0.5) is 0 Å². The van der Waals surface area contributed by atoms with Crippen LogP contribution in [0.2, 0.25) is 0 Å². The van der Waals surface area contributed by atoms with Crippen LogP contribution in [0, 0.1) is 0 Å². The third-order valence-electron chi connectivity index (χ3n) is 3.72. The number of phenolic OH excluding ortho intramolecular Hbond substituents is 1. The van der Waals surface area contributed by atoms with Gasteiger partial charge in [-0.3, -0.25) is 4.79 Å². The number of phenols is 1. The van der Waals surface area contributed by atoms with E-state index >= 15 is 0 Å². The molecular formula is C21H17BrN2O3. The van der Waals surface area contributed by atoms with Crippen LogP contribution in [0.5, 0.6) is 11.5 Å². The Bertz CT molecular complexity index is 959. The van der Waals surface area contributed by atoms with Gasteiger partial charge in [0.05, 0.1) is 16.3 Å². The molecule has 3 aromatic rings. The molecule has 1 amide bonds. The van der Waals surface area contributed by atoms with Crippen LogP contribution >= 0.6 is 15.9 Å². The Morgan fingerprint density at radius 3 is 2.59 bits per heavy atom. The molecule has 0 aliphatic rings. The average Bonchev–Trinajstić information content (AvgIpc) is 2.70. The van der Waals surface area contributed by atoms with Crippen molar-refractivity contribution in [3.05, 3.63) is 94.0 Å². The fourth-order valence-electron chi connectivity index (χ4n) is 2.34. The summed E-state index contributed by atoms with van der Waals surface area (Å²) in [4.78, 5) is 12.4. The molecule has 0 saturated carbocycles. The first-order valence-electron chi connectivity index (χ1n) is 8.21. The van der Waals surface area contributed by atoms with Crippen LogP contribution in [-0.4, -0.2) is 17.2 Å². The third kappa shape index (κ3) is 5.18. The Labute approximate surface area is 165 Å². The van der Waals surface area contributed by atoms with E-state index in [1.54, 1.807) is 36.4 Å². The van der Waals surface area contributed by atoms with Gasteiger partial charge in [0, 0.05) is 0 Å². The van der Waals surface area contributed by atoms with Crippen molar-refractivity contribution in [1.82, 2.24) is 5.43 Å². The van der Waals surface area contributed by atoms with Gasteiger partial charge in [-0.05, 0) is 57.4 Å². The summed E-state index contributed by atoms with van der Waals surface area (Å²) in [6.07, 6.45) is 1.50. The van der Waals surface area contributed by atoms with Crippen molar-refractivity contribution in [2.45, 2.75) is 6.61 Å². The lowest BCUT2D eigenvalue weighted by Gasteiger charge is -2.10. The van der Waals surface area contributed by atoms with Crippen molar-refractivity contribution >= 4 is 28.1 Å². The van der Waals surface area contributed by atoms with Crippen molar-refractivity contribution < 1.29 is 14.6 Å². The summed E-state index contributed by atoms with van der Waals surface area (Å²) in [5.74, 6) is 0.259. The highest BCUT2D eigenvalue weighted by atomic mass is 79.9. The Morgan fingerprint density at radius 2 is 1.81 bits per heavy atom. The van der Waals surface area contributed by atoms with Crippen molar-refractivity contribution in [2.75, 3.05) is 0 Å². The fraction of sp³-hybridized carbons (Fsp3) is 0.0476. The van der Waals surface area contributed by atoms with E-state index < -0.39 is 0 Å². The number of halogens is 1. The number of para-hydroxylation sites is 1. The number of benzene rings is 3. The molecule has 0 fully saturated rings. The zero-order chi connectivity index (χ0) is 19.1. The standard InChI is InChI=1S/C21H17BrN2O3/c22-18-12-16(10-11-19(18)25)13-23-24-21(26)17-8-4-5-9-20(17)27-14-15-6-2-1-3-7-15/h1-13,25H,14H2,(H,24,26)/b23-13+. The molecule has 0 radical (unpaired) electrons. The number of aromatic hydroxyl groups is 1. The molecule has 0 spiro atoms. The molecule has 5 nitrogen and oxygen atoms in total. The zero-order valence-corrected chi connectivity index (χ0v) is 15.9. The molecule has 27 heavy (non-hydrogen) atoms. The number of rotatable bonds is 6. The Morgan fingerprint density at radius 1 is 1.07 bits per heavy atom. The third-order valence-corrected chi connectivity index (χ3v) is 4.36. The molecule has 0 bridgehead atoms. The lowest BCUT2D eigenvalue weighted by atomic mass is 10.2. The fourth-order valence-corrected chi connectivity index (χ4v) is 2.74. The summed E-state index contributed by atoms with van der Waals surface area (Å²) >= 11 is 3.23. The van der Waals surface area contributed by atoms with Crippen LogP contribution in [-0.2, 0) is 6.61 Å². The summed E-state index contributed by atoms with van der Waals surface area (Å²) in [7, 11) is 0. The quantitative estimate of drug-likeness (QED) is 0.452. The molecular weight excluding hydrogens is 408 g/mol. The van der Waals surface area contributed by atoms with Gasteiger partial charge in [0.25, 0.3) is 5.91 Å². The van der Waals surface area contributed by atoms with E-state index in [-0.39, 0.29) is 11.7 Å². The average molecular weight is 425 g/mol. The summed E-state index contributed by atoms with van der Waals surface area (Å²) in [6.45, 7) is 0.371.